The highest BCUT2D eigenvalue weighted by molar-refractivity contribution is 7.99. The molecule has 0 radical (unpaired) electrons. The number of nitrogens with one attached hydrogen (secondary N) is 1. The standard InChI is InChI=1S/C12H14N2S/c1-8-4-9(2)6-11(5-8)15-12-7-13-10(3)14-12/h4-7H,1-3H3,(H,13,14). The van der Waals surface area contributed by atoms with E-state index in [-0.39, 0.29) is 0 Å². The molecule has 0 saturated heterocycles. The van der Waals surface area contributed by atoms with E-state index in [1.165, 1.54) is 16.0 Å². The summed E-state index contributed by atoms with van der Waals surface area (Å²) >= 11 is 1.72. The molecule has 2 aromatic rings. The molecule has 1 N–H and O–H groups in total. The van der Waals surface area contributed by atoms with Gasteiger partial charge in [-0.15, -0.1) is 0 Å². The summed E-state index contributed by atoms with van der Waals surface area (Å²) in [6.45, 7) is 6.20. The fraction of sp³-hybridized carbons (Fsp3) is 0.250. The van der Waals surface area contributed by atoms with Gasteiger partial charge in [0.05, 0.1) is 11.2 Å². The highest BCUT2D eigenvalue weighted by atomic mass is 32.2. The van der Waals surface area contributed by atoms with Crippen LogP contribution in [0.4, 0.5) is 0 Å². The first kappa shape index (κ1) is 10.3. The number of hydrogen-bond acceptors (Lipinski definition) is 2. The largest absolute Gasteiger partial charge is 0.337 e. The maximum absolute atomic E-state index is 4.18. The van der Waals surface area contributed by atoms with E-state index < -0.39 is 0 Å². The number of H-pyrrole nitrogens is 1. The second kappa shape index (κ2) is 4.11. The predicted octanol–water partition coefficient (Wildman–Crippen LogP) is 3.49. The van der Waals surface area contributed by atoms with E-state index >= 15 is 0 Å². The molecule has 0 aliphatic rings. The van der Waals surface area contributed by atoms with E-state index in [1.54, 1.807) is 11.8 Å². The van der Waals surface area contributed by atoms with Gasteiger partial charge in [0.1, 0.15) is 5.82 Å². The van der Waals surface area contributed by atoms with Crippen LogP contribution >= 0.6 is 11.8 Å². The van der Waals surface area contributed by atoms with Crippen molar-refractivity contribution in [3.8, 4) is 0 Å². The first-order chi connectivity index (χ1) is 7.13. The fourth-order valence-electron chi connectivity index (χ4n) is 1.57. The van der Waals surface area contributed by atoms with E-state index in [9.17, 15) is 0 Å². The Kier molecular flexibility index (Phi) is 2.82. The molecule has 3 heteroatoms. The van der Waals surface area contributed by atoms with Crippen molar-refractivity contribution in [1.82, 2.24) is 9.97 Å². The number of imidazole rings is 1. The van der Waals surface area contributed by atoms with Gasteiger partial charge in [0.15, 0.2) is 0 Å². The third-order valence-corrected chi connectivity index (χ3v) is 3.00. The van der Waals surface area contributed by atoms with Gasteiger partial charge in [-0.25, -0.2) is 4.98 Å². The number of hydrogen-bond donors (Lipinski definition) is 1. The number of nitrogens with zero attached hydrogens (tertiary/aromatic N) is 1. The fourth-order valence-corrected chi connectivity index (χ4v) is 2.62. The molecular formula is C12H14N2S. The van der Waals surface area contributed by atoms with Crippen LogP contribution in [0.5, 0.6) is 0 Å². The maximum Gasteiger partial charge on any atom is 0.103 e. The summed E-state index contributed by atoms with van der Waals surface area (Å²) in [6, 6.07) is 6.56. The zero-order valence-electron chi connectivity index (χ0n) is 9.16. The molecule has 15 heavy (non-hydrogen) atoms. The number of aromatic amines is 1. The summed E-state index contributed by atoms with van der Waals surface area (Å²) < 4.78 is 0. The normalized spacial score (nSPS) is 10.6. The molecule has 0 atom stereocenters. The van der Waals surface area contributed by atoms with Gasteiger partial charge in [0, 0.05) is 4.90 Å². The molecule has 0 amide bonds. The Morgan fingerprint density at radius 2 is 1.73 bits per heavy atom. The van der Waals surface area contributed by atoms with Gasteiger partial charge in [-0.3, -0.25) is 0 Å². The molecular weight excluding hydrogens is 204 g/mol. The van der Waals surface area contributed by atoms with Crippen LogP contribution in [-0.4, -0.2) is 9.97 Å². The van der Waals surface area contributed by atoms with Crippen LogP contribution in [0.15, 0.2) is 34.3 Å². The number of aryl methyl sites for hydroxylation is 3. The second-order valence-corrected chi connectivity index (χ2v) is 4.87. The first-order valence-electron chi connectivity index (χ1n) is 4.91. The van der Waals surface area contributed by atoms with Crippen molar-refractivity contribution in [2.24, 2.45) is 0 Å². The lowest BCUT2D eigenvalue weighted by Crippen LogP contribution is -1.80. The van der Waals surface area contributed by atoms with Crippen molar-refractivity contribution in [3.05, 3.63) is 41.3 Å². The van der Waals surface area contributed by atoms with Crippen LogP contribution < -0.4 is 0 Å². The molecule has 0 unspecified atom stereocenters. The van der Waals surface area contributed by atoms with E-state index in [4.69, 9.17) is 0 Å². The lowest BCUT2D eigenvalue weighted by Gasteiger charge is -2.02. The Hall–Kier alpha value is -1.22. The summed E-state index contributed by atoms with van der Waals surface area (Å²) in [5, 5.41) is 1.09. The van der Waals surface area contributed by atoms with Crippen LogP contribution in [0.3, 0.4) is 0 Å². The minimum atomic E-state index is 0.960. The van der Waals surface area contributed by atoms with E-state index in [2.05, 4.69) is 42.0 Å². The third-order valence-electron chi connectivity index (χ3n) is 2.10. The minimum absolute atomic E-state index is 0.960. The summed E-state index contributed by atoms with van der Waals surface area (Å²) in [5.74, 6) is 0.960. The molecule has 78 valence electrons. The number of benzene rings is 1. The van der Waals surface area contributed by atoms with Crippen LogP contribution in [0.2, 0.25) is 0 Å². The minimum Gasteiger partial charge on any atom is -0.337 e. The monoisotopic (exact) mass is 218 g/mol. The number of rotatable bonds is 2. The molecule has 2 rings (SSSR count). The summed E-state index contributed by atoms with van der Waals surface area (Å²) in [6.07, 6.45) is 1.87. The van der Waals surface area contributed by atoms with Gasteiger partial charge >= 0.3 is 0 Å². The van der Waals surface area contributed by atoms with Crippen LogP contribution in [0.1, 0.15) is 17.0 Å². The van der Waals surface area contributed by atoms with Gasteiger partial charge in [-0.2, -0.15) is 0 Å². The topological polar surface area (TPSA) is 28.7 Å². The quantitative estimate of drug-likeness (QED) is 0.836. The summed E-state index contributed by atoms with van der Waals surface area (Å²) in [5.41, 5.74) is 2.60. The van der Waals surface area contributed by atoms with Crippen LogP contribution in [0, 0.1) is 20.8 Å². The Bertz CT molecular complexity index is 454. The molecule has 0 bridgehead atoms. The lowest BCUT2D eigenvalue weighted by molar-refractivity contribution is 1.10. The van der Waals surface area contributed by atoms with Crippen LogP contribution in [-0.2, 0) is 0 Å². The highest BCUT2D eigenvalue weighted by Crippen LogP contribution is 2.27. The van der Waals surface area contributed by atoms with Crippen molar-refractivity contribution < 1.29 is 0 Å². The average Bonchev–Trinajstić information content (AvgIpc) is 2.49. The average molecular weight is 218 g/mol. The second-order valence-electron chi connectivity index (χ2n) is 3.76. The highest BCUT2D eigenvalue weighted by Gasteiger charge is 2.01. The molecule has 1 aromatic carbocycles. The third kappa shape index (κ3) is 2.63. The van der Waals surface area contributed by atoms with E-state index in [0.29, 0.717) is 0 Å². The van der Waals surface area contributed by atoms with Gasteiger partial charge in [0.25, 0.3) is 0 Å². The molecule has 0 aliphatic carbocycles. The molecule has 0 fully saturated rings. The van der Waals surface area contributed by atoms with Crippen molar-refractivity contribution in [1.29, 1.82) is 0 Å². The molecule has 0 saturated carbocycles. The Labute approximate surface area is 94.1 Å². The van der Waals surface area contributed by atoms with E-state index in [0.717, 1.165) is 10.9 Å². The van der Waals surface area contributed by atoms with Gasteiger partial charge in [-0.05, 0) is 44.0 Å². The van der Waals surface area contributed by atoms with Crippen molar-refractivity contribution >= 4 is 11.8 Å². The Morgan fingerprint density at radius 1 is 1.07 bits per heavy atom. The maximum atomic E-state index is 4.18. The summed E-state index contributed by atoms with van der Waals surface area (Å²) in [7, 11) is 0. The van der Waals surface area contributed by atoms with Crippen LogP contribution in [0.25, 0.3) is 0 Å². The lowest BCUT2D eigenvalue weighted by atomic mass is 10.2. The van der Waals surface area contributed by atoms with Gasteiger partial charge in [0.2, 0.25) is 0 Å². The Morgan fingerprint density at radius 3 is 2.27 bits per heavy atom. The zero-order chi connectivity index (χ0) is 10.8. The van der Waals surface area contributed by atoms with Crippen molar-refractivity contribution in [3.63, 3.8) is 0 Å². The Balaban J connectivity index is 2.24. The summed E-state index contributed by atoms with van der Waals surface area (Å²) in [4.78, 5) is 8.66. The molecule has 2 nitrogen and oxygen atoms in total. The van der Waals surface area contributed by atoms with Crippen molar-refractivity contribution in [2.75, 3.05) is 0 Å². The first-order valence-corrected chi connectivity index (χ1v) is 5.73. The molecule has 1 heterocycles. The SMILES string of the molecule is Cc1cc(C)cc(Sc2cnc(C)[nH]2)c1. The van der Waals surface area contributed by atoms with Crippen molar-refractivity contribution in [2.45, 2.75) is 30.7 Å². The van der Waals surface area contributed by atoms with E-state index in [1.807, 2.05) is 13.1 Å². The molecule has 1 aromatic heterocycles. The molecule has 0 spiro atoms. The van der Waals surface area contributed by atoms with Gasteiger partial charge < -0.3 is 4.98 Å². The van der Waals surface area contributed by atoms with Gasteiger partial charge in [-0.1, -0.05) is 17.8 Å². The number of aromatic nitrogens is 2. The predicted molar refractivity (Wildman–Crippen MR) is 63.4 cm³/mol. The zero-order valence-corrected chi connectivity index (χ0v) is 9.98. The molecule has 0 aliphatic heterocycles. The smallest absolute Gasteiger partial charge is 0.103 e.